The van der Waals surface area contributed by atoms with Gasteiger partial charge in [0.1, 0.15) is 11.0 Å². The minimum absolute atomic E-state index is 0.890. The molecule has 0 aliphatic rings. The Balaban J connectivity index is 4.03. The van der Waals surface area contributed by atoms with E-state index in [9.17, 15) is 4.21 Å². The molecular formula is C10H17NOS. The Morgan fingerprint density at radius 1 is 1.62 bits per heavy atom. The first-order valence-electron chi connectivity index (χ1n) is 4.19. The molecule has 0 aliphatic carbocycles. The van der Waals surface area contributed by atoms with Crippen LogP contribution in [0.3, 0.4) is 0 Å². The van der Waals surface area contributed by atoms with Gasteiger partial charge in [0.25, 0.3) is 0 Å². The Bertz CT molecular complexity index is 254. The van der Waals surface area contributed by atoms with E-state index in [1.807, 2.05) is 25.2 Å². The van der Waals surface area contributed by atoms with Crippen molar-refractivity contribution in [2.24, 2.45) is 0 Å². The first kappa shape index (κ1) is 12.2. The Kier molecular flexibility index (Phi) is 6.24. The van der Waals surface area contributed by atoms with Gasteiger partial charge in [0, 0.05) is 12.0 Å². The van der Waals surface area contributed by atoms with Crippen molar-refractivity contribution in [1.82, 2.24) is 4.72 Å². The fourth-order valence-corrected chi connectivity index (χ4v) is 1.23. The molecule has 0 radical (unpaired) electrons. The van der Waals surface area contributed by atoms with Crippen LogP contribution in [0.15, 0.2) is 36.1 Å². The zero-order valence-corrected chi connectivity index (χ0v) is 9.28. The summed E-state index contributed by atoms with van der Waals surface area (Å²) in [6, 6.07) is 0. The predicted octanol–water partition coefficient (Wildman–Crippen LogP) is 2.30. The first-order chi connectivity index (χ1) is 6.06. The van der Waals surface area contributed by atoms with Gasteiger partial charge in [-0.1, -0.05) is 31.2 Å². The third-order valence-corrected chi connectivity index (χ3v) is 2.05. The fraction of sp³-hybridized carbons (Fsp3) is 0.400. The molecule has 0 bridgehead atoms. The third kappa shape index (κ3) is 7.53. The Morgan fingerprint density at radius 3 is 2.69 bits per heavy atom. The van der Waals surface area contributed by atoms with Gasteiger partial charge in [0.15, 0.2) is 0 Å². The summed E-state index contributed by atoms with van der Waals surface area (Å²) in [7, 11) is -0.986. The van der Waals surface area contributed by atoms with E-state index in [1.54, 1.807) is 6.26 Å². The Labute approximate surface area is 83.0 Å². The van der Waals surface area contributed by atoms with E-state index in [0.29, 0.717) is 0 Å². The van der Waals surface area contributed by atoms with Gasteiger partial charge in [-0.05, 0) is 19.4 Å². The van der Waals surface area contributed by atoms with Crippen LogP contribution in [-0.4, -0.2) is 10.5 Å². The van der Waals surface area contributed by atoms with Gasteiger partial charge < -0.3 is 4.72 Å². The van der Waals surface area contributed by atoms with Crippen molar-refractivity contribution in [3.8, 4) is 0 Å². The Morgan fingerprint density at radius 2 is 2.23 bits per heavy atom. The standard InChI is InChI=1S/C10H17NOS/c1-5-9(2)7-6-8-10(3)11-13(4)12/h6-8,11H,2,5H2,1,3-4H3/b7-6-,10-8+. The van der Waals surface area contributed by atoms with Gasteiger partial charge in [0.05, 0.1) is 0 Å². The van der Waals surface area contributed by atoms with Gasteiger partial charge in [-0.2, -0.15) is 0 Å². The molecule has 1 N–H and O–H groups in total. The predicted molar refractivity (Wildman–Crippen MR) is 59.5 cm³/mol. The highest BCUT2D eigenvalue weighted by molar-refractivity contribution is 7.82. The second-order valence-electron chi connectivity index (χ2n) is 2.78. The number of nitrogens with one attached hydrogen (secondary N) is 1. The second-order valence-corrected chi connectivity index (χ2v) is 3.89. The molecule has 3 heteroatoms. The van der Waals surface area contributed by atoms with E-state index in [-0.39, 0.29) is 0 Å². The molecule has 0 aromatic carbocycles. The monoisotopic (exact) mass is 199 g/mol. The summed E-state index contributed by atoms with van der Waals surface area (Å²) >= 11 is 0. The summed E-state index contributed by atoms with van der Waals surface area (Å²) < 4.78 is 13.5. The van der Waals surface area contributed by atoms with Gasteiger partial charge >= 0.3 is 0 Å². The summed E-state index contributed by atoms with van der Waals surface area (Å²) in [5.74, 6) is 0. The zero-order valence-electron chi connectivity index (χ0n) is 8.46. The number of rotatable bonds is 5. The maximum atomic E-state index is 10.7. The first-order valence-corrected chi connectivity index (χ1v) is 5.75. The quantitative estimate of drug-likeness (QED) is 0.676. The summed E-state index contributed by atoms with van der Waals surface area (Å²) in [6.45, 7) is 7.77. The summed E-state index contributed by atoms with van der Waals surface area (Å²) in [5, 5.41) is 0. The van der Waals surface area contributed by atoms with Crippen LogP contribution in [0.4, 0.5) is 0 Å². The summed E-state index contributed by atoms with van der Waals surface area (Å²) in [4.78, 5) is 0. The van der Waals surface area contributed by atoms with Crippen molar-refractivity contribution in [2.45, 2.75) is 20.3 Å². The largest absolute Gasteiger partial charge is 0.310 e. The van der Waals surface area contributed by atoms with Crippen LogP contribution in [0.5, 0.6) is 0 Å². The molecule has 0 spiro atoms. The van der Waals surface area contributed by atoms with E-state index in [4.69, 9.17) is 0 Å². The van der Waals surface area contributed by atoms with Crippen molar-refractivity contribution < 1.29 is 4.21 Å². The van der Waals surface area contributed by atoms with Crippen molar-refractivity contribution in [3.63, 3.8) is 0 Å². The van der Waals surface area contributed by atoms with Gasteiger partial charge in [-0.3, -0.25) is 0 Å². The smallest absolute Gasteiger partial charge is 0.113 e. The van der Waals surface area contributed by atoms with Crippen LogP contribution in [0.2, 0.25) is 0 Å². The molecule has 0 fully saturated rings. The number of hydrogen-bond acceptors (Lipinski definition) is 1. The molecule has 0 saturated heterocycles. The average Bonchev–Trinajstić information content (AvgIpc) is 2.02. The van der Waals surface area contributed by atoms with Crippen molar-refractivity contribution in [2.75, 3.05) is 6.26 Å². The molecule has 0 aromatic rings. The molecule has 0 heterocycles. The summed E-state index contributed by atoms with van der Waals surface area (Å²) in [5.41, 5.74) is 1.97. The molecule has 74 valence electrons. The van der Waals surface area contributed by atoms with Gasteiger partial charge in [-0.25, -0.2) is 4.21 Å². The Hall–Kier alpha value is -0.830. The zero-order chi connectivity index (χ0) is 10.3. The van der Waals surface area contributed by atoms with Crippen LogP contribution in [0.1, 0.15) is 20.3 Å². The van der Waals surface area contributed by atoms with Crippen LogP contribution in [-0.2, 0) is 11.0 Å². The molecule has 0 amide bonds. The third-order valence-electron chi connectivity index (χ3n) is 1.44. The highest BCUT2D eigenvalue weighted by Gasteiger charge is 1.87. The molecule has 1 atom stereocenters. The minimum atomic E-state index is -0.986. The molecule has 1 unspecified atom stereocenters. The molecule has 0 aromatic heterocycles. The van der Waals surface area contributed by atoms with Crippen molar-refractivity contribution >= 4 is 11.0 Å². The number of hydrogen-bond donors (Lipinski definition) is 1. The number of allylic oxidation sites excluding steroid dienone is 5. The topological polar surface area (TPSA) is 29.1 Å². The molecule has 0 rings (SSSR count). The van der Waals surface area contributed by atoms with E-state index >= 15 is 0 Å². The van der Waals surface area contributed by atoms with Gasteiger partial charge in [0.2, 0.25) is 0 Å². The van der Waals surface area contributed by atoms with Crippen LogP contribution >= 0.6 is 0 Å². The lowest BCUT2D eigenvalue weighted by atomic mass is 10.2. The van der Waals surface area contributed by atoms with Crippen LogP contribution in [0.25, 0.3) is 0 Å². The molecule has 0 saturated carbocycles. The van der Waals surface area contributed by atoms with Crippen LogP contribution in [0, 0.1) is 0 Å². The maximum Gasteiger partial charge on any atom is 0.113 e. The van der Waals surface area contributed by atoms with Crippen LogP contribution < -0.4 is 4.72 Å². The average molecular weight is 199 g/mol. The lowest BCUT2D eigenvalue weighted by molar-refractivity contribution is 0.682. The van der Waals surface area contributed by atoms with E-state index in [0.717, 1.165) is 17.7 Å². The van der Waals surface area contributed by atoms with Crippen molar-refractivity contribution in [3.05, 3.63) is 36.1 Å². The van der Waals surface area contributed by atoms with Crippen molar-refractivity contribution in [1.29, 1.82) is 0 Å². The highest BCUT2D eigenvalue weighted by atomic mass is 32.2. The molecule has 13 heavy (non-hydrogen) atoms. The second kappa shape index (κ2) is 6.66. The molecule has 2 nitrogen and oxygen atoms in total. The van der Waals surface area contributed by atoms with E-state index in [2.05, 4.69) is 18.2 Å². The lowest BCUT2D eigenvalue weighted by Gasteiger charge is -1.99. The van der Waals surface area contributed by atoms with Gasteiger partial charge in [-0.15, -0.1) is 0 Å². The SMILES string of the molecule is C=C(/C=C\C=C(/C)NS(C)=O)CC. The molecular weight excluding hydrogens is 182 g/mol. The lowest BCUT2D eigenvalue weighted by Crippen LogP contribution is -2.12. The normalized spacial score (nSPS) is 14.5. The summed E-state index contributed by atoms with van der Waals surface area (Å²) in [6.07, 6.45) is 8.29. The maximum absolute atomic E-state index is 10.7. The fourth-order valence-electron chi connectivity index (χ4n) is 0.707. The van der Waals surface area contributed by atoms with E-state index in [1.165, 1.54) is 0 Å². The molecule has 0 aliphatic heterocycles. The minimum Gasteiger partial charge on any atom is -0.310 e. The highest BCUT2D eigenvalue weighted by Crippen LogP contribution is 1.98. The van der Waals surface area contributed by atoms with E-state index < -0.39 is 11.0 Å².